The van der Waals surface area contributed by atoms with Gasteiger partial charge in [0.25, 0.3) is 10.0 Å². The number of rotatable bonds is 3. The van der Waals surface area contributed by atoms with E-state index < -0.39 is 10.0 Å². The molecule has 2 rings (SSSR count). The highest BCUT2D eigenvalue weighted by atomic mass is 32.2. The molecule has 0 saturated heterocycles. The molecule has 108 valence electrons. The predicted octanol–water partition coefficient (Wildman–Crippen LogP) is 1.53. The van der Waals surface area contributed by atoms with Gasteiger partial charge in [-0.25, -0.2) is 13.4 Å². The van der Waals surface area contributed by atoms with Gasteiger partial charge in [0.2, 0.25) is 0 Å². The van der Waals surface area contributed by atoms with Gasteiger partial charge >= 0.3 is 0 Å². The summed E-state index contributed by atoms with van der Waals surface area (Å²) in [5, 5.41) is 8.69. The zero-order valence-electron chi connectivity index (χ0n) is 11.4. The summed E-state index contributed by atoms with van der Waals surface area (Å²) in [4.78, 5) is 4.08. The van der Waals surface area contributed by atoms with Gasteiger partial charge in [0, 0.05) is 11.8 Å². The van der Waals surface area contributed by atoms with Crippen molar-refractivity contribution in [3.63, 3.8) is 0 Å². The largest absolute Gasteiger partial charge is 0.384 e. The van der Waals surface area contributed by atoms with Gasteiger partial charge in [0.15, 0.2) is 0 Å². The third-order valence-corrected chi connectivity index (χ3v) is 4.19. The van der Waals surface area contributed by atoms with E-state index in [1.54, 1.807) is 37.3 Å². The maximum absolute atomic E-state index is 12.4. The summed E-state index contributed by atoms with van der Waals surface area (Å²) in [5.41, 5.74) is 1.13. The molecule has 0 bridgehead atoms. The molecule has 6 heteroatoms. The van der Waals surface area contributed by atoms with E-state index in [9.17, 15) is 8.42 Å². The van der Waals surface area contributed by atoms with Crippen LogP contribution < -0.4 is 4.72 Å². The first-order valence-corrected chi connectivity index (χ1v) is 7.65. The lowest BCUT2D eigenvalue weighted by atomic mass is 10.1. The Morgan fingerprint density at radius 2 is 2.10 bits per heavy atom. The number of pyridine rings is 1. The van der Waals surface area contributed by atoms with Crippen molar-refractivity contribution in [3.05, 3.63) is 53.7 Å². The van der Waals surface area contributed by atoms with E-state index in [0.29, 0.717) is 11.1 Å². The maximum Gasteiger partial charge on any atom is 0.263 e. The SMILES string of the molecule is Cc1ccc(C#CCO)cc1S(=O)(=O)Nc1ccccn1. The minimum Gasteiger partial charge on any atom is -0.384 e. The highest BCUT2D eigenvalue weighted by molar-refractivity contribution is 7.92. The van der Waals surface area contributed by atoms with Crippen LogP contribution in [0.15, 0.2) is 47.5 Å². The zero-order chi connectivity index (χ0) is 15.3. The van der Waals surface area contributed by atoms with Gasteiger partial charge < -0.3 is 5.11 Å². The minimum atomic E-state index is -3.73. The Morgan fingerprint density at radius 3 is 2.76 bits per heavy atom. The summed E-state index contributed by atoms with van der Waals surface area (Å²) in [6.07, 6.45) is 1.51. The van der Waals surface area contributed by atoms with Crippen molar-refractivity contribution in [2.45, 2.75) is 11.8 Å². The van der Waals surface area contributed by atoms with Crippen molar-refractivity contribution >= 4 is 15.8 Å². The number of hydrogen-bond acceptors (Lipinski definition) is 4. The van der Waals surface area contributed by atoms with E-state index in [-0.39, 0.29) is 17.3 Å². The fraction of sp³-hybridized carbons (Fsp3) is 0.133. The smallest absolute Gasteiger partial charge is 0.263 e. The van der Waals surface area contributed by atoms with Crippen molar-refractivity contribution in [3.8, 4) is 11.8 Å². The van der Waals surface area contributed by atoms with Gasteiger partial charge in [-0.2, -0.15) is 0 Å². The summed E-state index contributed by atoms with van der Waals surface area (Å²) in [7, 11) is -3.73. The summed E-state index contributed by atoms with van der Waals surface area (Å²) in [6, 6.07) is 9.83. The molecule has 0 fully saturated rings. The second-order valence-electron chi connectivity index (χ2n) is 4.26. The first kappa shape index (κ1) is 15.0. The van der Waals surface area contributed by atoms with Crippen molar-refractivity contribution in [1.29, 1.82) is 0 Å². The van der Waals surface area contributed by atoms with E-state index in [0.717, 1.165) is 0 Å². The third kappa shape index (κ3) is 3.81. The monoisotopic (exact) mass is 302 g/mol. The van der Waals surface area contributed by atoms with Crippen molar-refractivity contribution in [1.82, 2.24) is 4.98 Å². The molecule has 0 amide bonds. The van der Waals surface area contributed by atoms with Crippen LogP contribution in [0.1, 0.15) is 11.1 Å². The van der Waals surface area contributed by atoms with Gasteiger partial charge in [-0.3, -0.25) is 4.72 Å². The first-order valence-electron chi connectivity index (χ1n) is 6.17. The second kappa shape index (κ2) is 6.39. The van der Waals surface area contributed by atoms with Gasteiger partial charge in [-0.05, 0) is 36.8 Å². The predicted molar refractivity (Wildman–Crippen MR) is 80.2 cm³/mol. The Morgan fingerprint density at radius 1 is 1.29 bits per heavy atom. The second-order valence-corrected chi connectivity index (χ2v) is 5.91. The number of aryl methyl sites for hydroxylation is 1. The molecule has 0 spiro atoms. The molecule has 0 aliphatic carbocycles. The van der Waals surface area contributed by atoms with Crippen LogP contribution in [0.2, 0.25) is 0 Å². The highest BCUT2D eigenvalue weighted by Crippen LogP contribution is 2.19. The van der Waals surface area contributed by atoms with Crippen LogP contribution in [0.25, 0.3) is 0 Å². The first-order chi connectivity index (χ1) is 10.0. The quantitative estimate of drug-likeness (QED) is 0.843. The van der Waals surface area contributed by atoms with Crippen molar-refractivity contribution in [2.75, 3.05) is 11.3 Å². The molecule has 0 unspecified atom stereocenters. The summed E-state index contributed by atoms with van der Waals surface area (Å²) < 4.78 is 27.2. The number of hydrogen-bond donors (Lipinski definition) is 2. The van der Waals surface area contributed by atoms with Gasteiger partial charge in [-0.1, -0.05) is 24.0 Å². The topological polar surface area (TPSA) is 79.3 Å². The Hall–Kier alpha value is -2.36. The molecule has 1 aromatic carbocycles. The molecule has 0 aliphatic heterocycles. The lowest BCUT2D eigenvalue weighted by Gasteiger charge is -2.10. The number of aliphatic hydroxyl groups excluding tert-OH is 1. The fourth-order valence-electron chi connectivity index (χ4n) is 1.72. The molecule has 21 heavy (non-hydrogen) atoms. The van der Waals surface area contributed by atoms with Crippen LogP contribution in [0.3, 0.4) is 0 Å². The van der Waals surface area contributed by atoms with E-state index in [4.69, 9.17) is 5.11 Å². The standard InChI is InChI=1S/C15H14N2O3S/c1-12-7-8-13(5-4-10-18)11-14(12)21(19,20)17-15-6-2-3-9-16-15/h2-3,6-9,11,18H,10H2,1H3,(H,16,17). The van der Waals surface area contributed by atoms with Crippen LogP contribution in [0, 0.1) is 18.8 Å². The van der Waals surface area contributed by atoms with Crippen LogP contribution in [0.5, 0.6) is 0 Å². The molecule has 2 N–H and O–H groups in total. The number of aromatic nitrogens is 1. The van der Waals surface area contributed by atoms with Crippen LogP contribution >= 0.6 is 0 Å². The van der Waals surface area contributed by atoms with Crippen molar-refractivity contribution in [2.24, 2.45) is 0 Å². The molecular formula is C15H14N2O3S. The molecule has 5 nitrogen and oxygen atoms in total. The number of aliphatic hydroxyl groups is 1. The fourth-order valence-corrected chi connectivity index (χ4v) is 3.00. The Kier molecular flexibility index (Phi) is 4.58. The van der Waals surface area contributed by atoms with E-state index in [2.05, 4.69) is 21.5 Å². The van der Waals surface area contributed by atoms with Crippen LogP contribution in [-0.2, 0) is 10.0 Å². The number of benzene rings is 1. The lowest BCUT2D eigenvalue weighted by Crippen LogP contribution is -2.15. The molecule has 1 aromatic heterocycles. The number of nitrogens with zero attached hydrogens (tertiary/aromatic N) is 1. The van der Waals surface area contributed by atoms with Crippen LogP contribution in [0.4, 0.5) is 5.82 Å². The third-order valence-electron chi connectivity index (χ3n) is 2.69. The molecule has 2 aromatic rings. The Bertz CT molecular complexity index is 791. The zero-order valence-corrected chi connectivity index (χ0v) is 12.2. The average molecular weight is 302 g/mol. The lowest BCUT2D eigenvalue weighted by molar-refractivity contribution is 0.350. The number of sulfonamides is 1. The maximum atomic E-state index is 12.4. The van der Waals surface area contributed by atoms with Crippen LogP contribution in [-0.4, -0.2) is 25.1 Å². The van der Waals surface area contributed by atoms with E-state index >= 15 is 0 Å². The Balaban J connectivity index is 2.39. The molecule has 0 aliphatic rings. The minimum absolute atomic E-state index is 0.137. The average Bonchev–Trinajstić information content (AvgIpc) is 2.47. The van der Waals surface area contributed by atoms with E-state index in [1.807, 2.05) is 0 Å². The van der Waals surface area contributed by atoms with Gasteiger partial charge in [0.05, 0.1) is 4.90 Å². The number of nitrogens with one attached hydrogen (secondary N) is 1. The Labute approximate surface area is 123 Å². The molecule has 1 heterocycles. The summed E-state index contributed by atoms with van der Waals surface area (Å²) in [6.45, 7) is 1.43. The highest BCUT2D eigenvalue weighted by Gasteiger charge is 2.17. The molecule has 0 radical (unpaired) electrons. The van der Waals surface area contributed by atoms with Crippen molar-refractivity contribution < 1.29 is 13.5 Å². The summed E-state index contributed by atoms with van der Waals surface area (Å²) in [5.74, 6) is 5.43. The van der Waals surface area contributed by atoms with Gasteiger partial charge in [0.1, 0.15) is 12.4 Å². The molecule has 0 saturated carbocycles. The van der Waals surface area contributed by atoms with Gasteiger partial charge in [-0.15, -0.1) is 0 Å². The normalized spacial score (nSPS) is 10.6. The van der Waals surface area contributed by atoms with E-state index in [1.165, 1.54) is 12.3 Å². The number of anilines is 1. The summed E-state index contributed by atoms with van der Waals surface area (Å²) >= 11 is 0. The molecular weight excluding hydrogens is 288 g/mol. The molecule has 0 atom stereocenters.